The molecular weight excluding hydrogens is 348 g/mol. The van der Waals surface area contributed by atoms with Crippen molar-refractivity contribution < 1.29 is 9.72 Å². The first-order valence-electron chi connectivity index (χ1n) is 7.85. The van der Waals surface area contributed by atoms with Gasteiger partial charge in [0.25, 0.3) is 11.6 Å². The molecule has 3 aromatic rings. The van der Waals surface area contributed by atoms with Crippen LogP contribution in [0.25, 0.3) is 5.52 Å². The average Bonchev–Trinajstić information content (AvgIpc) is 3.07. The Bertz CT molecular complexity index is 1130. The third-order valence-corrected chi connectivity index (χ3v) is 4.01. The summed E-state index contributed by atoms with van der Waals surface area (Å²) in [6.45, 7) is 1.70. The minimum atomic E-state index is -0.550. The van der Waals surface area contributed by atoms with Crippen molar-refractivity contribution in [2.24, 2.45) is 5.10 Å². The molecule has 0 saturated heterocycles. The highest BCUT2D eigenvalue weighted by Crippen LogP contribution is 2.19. The first kappa shape index (κ1) is 17.8. The van der Waals surface area contributed by atoms with Crippen molar-refractivity contribution in [2.45, 2.75) is 6.92 Å². The number of fused-ring (bicyclic) bond motifs is 1. The van der Waals surface area contributed by atoms with Crippen LogP contribution in [0.4, 0.5) is 5.69 Å². The second-order valence-corrected chi connectivity index (χ2v) is 5.79. The van der Waals surface area contributed by atoms with Gasteiger partial charge in [-0.15, -0.1) is 0 Å². The number of amides is 1. The topological polar surface area (TPSA) is 117 Å². The summed E-state index contributed by atoms with van der Waals surface area (Å²) in [7, 11) is 1.46. The predicted octanol–water partition coefficient (Wildman–Crippen LogP) is 2.53. The van der Waals surface area contributed by atoms with Crippen LogP contribution in [-0.4, -0.2) is 38.7 Å². The van der Waals surface area contributed by atoms with Crippen LogP contribution in [0.3, 0.4) is 0 Å². The Morgan fingerprint density at radius 3 is 2.89 bits per heavy atom. The highest BCUT2D eigenvalue weighted by molar-refractivity contribution is 5.97. The molecule has 0 bridgehead atoms. The van der Waals surface area contributed by atoms with E-state index >= 15 is 0 Å². The van der Waals surface area contributed by atoms with E-state index in [0.717, 1.165) is 5.01 Å². The Morgan fingerprint density at radius 2 is 2.19 bits per heavy atom. The van der Waals surface area contributed by atoms with Crippen LogP contribution in [0.2, 0.25) is 0 Å². The minimum Gasteiger partial charge on any atom is -0.267 e. The second kappa shape index (κ2) is 7.05. The maximum Gasteiger partial charge on any atom is 0.274 e. The van der Waals surface area contributed by atoms with Gasteiger partial charge in [-0.3, -0.25) is 14.9 Å². The van der Waals surface area contributed by atoms with Gasteiger partial charge in [-0.05, 0) is 24.6 Å². The number of hydrazone groups is 1. The lowest BCUT2D eigenvalue weighted by atomic mass is 10.1. The van der Waals surface area contributed by atoms with Crippen LogP contribution in [0, 0.1) is 28.4 Å². The van der Waals surface area contributed by atoms with E-state index in [1.165, 1.54) is 31.5 Å². The average molecular weight is 362 g/mol. The molecule has 0 N–H and O–H groups in total. The fraction of sp³-hybridized carbons (Fsp3) is 0.111. The van der Waals surface area contributed by atoms with E-state index < -0.39 is 10.8 Å². The van der Waals surface area contributed by atoms with Gasteiger partial charge in [0.15, 0.2) is 0 Å². The number of nitriles is 1. The monoisotopic (exact) mass is 362 g/mol. The molecular formula is C18H14N6O3. The number of rotatable bonds is 4. The number of hydrogen-bond donors (Lipinski definition) is 0. The first-order valence-corrected chi connectivity index (χ1v) is 7.85. The summed E-state index contributed by atoms with van der Waals surface area (Å²) in [5, 5.41) is 29.3. The Morgan fingerprint density at radius 1 is 1.41 bits per heavy atom. The summed E-state index contributed by atoms with van der Waals surface area (Å²) in [6, 6.07) is 9.47. The molecule has 0 radical (unpaired) electrons. The molecule has 134 valence electrons. The molecule has 2 heterocycles. The molecule has 0 spiro atoms. The summed E-state index contributed by atoms with van der Waals surface area (Å²) in [5.41, 5.74) is 2.44. The zero-order valence-electron chi connectivity index (χ0n) is 14.5. The maximum atomic E-state index is 12.6. The molecule has 0 unspecified atom stereocenters. The fourth-order valence-corrected chi connectivity index (χ4v) is 2.50. The van der Waals surface area contributed by atoms with Gasteiger partial charge >= 0.3 is 0 Å². The molecule has 1 aromatic carbocycles. The van der Waals surface area contributed by atoms with Gasteiger partial charge in [0.1, 0.15) is 0 Å². The first-order chi connectivity index (χ1) is 12.9. The van der Waals surface area contributed by atoms with Gasteiger partial charge in [0.2, 0.25) is 0 Å². The standard InChI is InChI=1S/C18H14N6O3/c1-12-3-4-15(24(26)27)8-16(12)18(25)22(2)20-10-14-11-21-23-6-5-13(9-19)7-17(14)23/h3-8,10-11H,1-2H3/b20-10-. The van der Waals surface area contributed by atoms with Crippen molar-refractivity contribution in [3.8, 4) is 6.07 Å². The molecule has 0 atom stereocenters. The molecule has 0 aliphatic rings. The van der Waals surface area contributed by atoms with Crippen LogP contribution < -0.4 is 0 Å². The molecule has 1 amide bonds. The number of nitro benzene ring substituents is 1. The van der Waals surface area contributed by atoms with Gasteiger partial charge in [0, 0.05) is 30.9 Å². The molecule has 27 heavy (non-hydrogen) atoms. The summed E-state index contributed by atoms with van der Waals surface area (Å²) >= 11 is 0. The van der Waals surface area contributed by atoms with Crippen molar-refractivity contribution in [3.63, 3.8) is 0 Å². The summed E-state index contributed by atoms with van der Waals surface area (Å²) < 4.78 is 1.59. The third-order valence-electron chi connectivity index (χ3n) is 4.01. The largest absolute Gasteiger partial charge is 0.274 e. The van der Waals surface area contributed by atoms with Crippen LogP contribution in [0.1, 0.15) is 27.0 Å². The smallest absolute Gasteiger partial charge is 0.267 e. The van der Waals surface area contributed by atoms with E-state index in [1.54, 1.807) is 36.0 Å². The molecule has 0 fully saturated rings. The van der Waals surface area contributed by atoms with Crippen molar-refractivity contribution in [1.29, 1.82) is 5.26 Å². The van der Waals surface area contributed by atoms with Gasteiger partial charge < -0.3 is 0 Å². The van der Waals surface area contributed by atoms with Crippen molar-refractivity contribution in [3.05, 3.63) is 75.1 Å². The number of pyridine rings is 1. The van der Waals surface area contributed by atoms with E-state index in [0.29, 0.717) is 22.2 Å². The van der Waals surface area contributed by atoms with Gasteiger partial charge in [-0.2, -0.15) is 15.5 Å². The van der Waals surface area contributed by atoms with Crippen molar-refractivity contribution in [1.82, 2.24) is 14.6 Å². The number of nitro groups is 1. The number of carbonyl (C=O) groups is 1. The van der Waals surface area contributed by atoms with Crippen LogP contribution in [0.5, 0.6) is 0 Å². The SMILES string of the molecule is Cc1ccc([N+](=O)[O-])cc1C(=O)N(C)/N=C\c1cnn2ccc(C#N)cc12. The van der Waals surface area contributed by atoms with Crippen molar-refractivity contribution >= 4 is 23.3 Å². The normalized spacial score (nSPS) is 10.9. The highest BCUT2D eigenvalue weighted by atomic mass is 16.6. The summed E-state index contributed by atoms with van der Waals surface area (Å²) in [6.07, 6.45) is 4.68. The quantitative estimate of drug-likeness (QED) is 0.401. The van der Waals surface area contributed by atoms with E-state index in [4.69, 9.17) is 5.26 Å². The molecule has 3 rings (SSSR count). The number of benzene rings is 1. The molecule has 0 aliphatic carbocycles. The van der Waals surface area contributed by atoms with E-state index in [2.05, 4.69) is 16.3 Å². The molecule has 0 aliphatic heterocycles. The maximum absolute atomic E-state index is 12.6. The number of nitrogens with zero attached hydrogens (tertiary/aromatic N) is 6. The lowest BCUT2D eigenvalue weighted by Gasteiger charge is -2.12. The van der Waals surface area contributed by atoms with E-state index in [-0.39, 0.29) is 11.3 Å². The van der Waals surface area contributed by atoms with E-state index in [1.807, 2.05) is 0 Å². The molecule has 9 heteroatoms. The number of hydrogen-bond acceptors (Lipinski definition) is 6. The Hall–Kier alpha value is -4.06. The number of non-ortho nitro benzene ring substituents is 1. The molecule has 9 nitrogen and oxygen atoms in total. The minimum absolute atomic E-state index is 0.159. The second-order valence-electron chi connectivity index (χ2n) is 5.79. The molecule has 0 saturated carbocycles. The zero-order valence-corrected chi connectivity index (χ0v) is 14.5. The van der Waals surface area contributed by atoms with Crippen LogP contribution in [0.15, 0.2) is 47.8 Å². The van der Waals surface area contributed by atoms with E-state index in [9.17, 15) is 14.9 Å². The van der Waals surface area contributed by atoms with Gasteiger partial charge in [-0.1, -0.05) is 6.07 Å². The predicted molar refractivity (Wildman–Crippen MR) is 97.4 cm³/mol. The number of carbonyl (C=O) groups excluding carboxylic acids is 1. The zero-order chi connectivity index (χ0) is 19.6. The lowest BCUT2D eigenvalue weighted by molar-refractivity contribution is -0.384. The lowest BCUT2D eigenvalue weighted by Crippen LogP contribution is -2.22. The molecule has 2 aromatic heterocycles. The summed E-state index contributed by atoms with van der Waals surface area (Å²) in [5.74, 6) is -0.471. The van der Waals surface area contributed by atoms with Crippen LogP contribution in [-0.2, 0) is 0 Å². The van der Waals surface area contributed by atoms with Gasteiger partial charge in [0.05, 0.1) is 40.0 Å². The Balaban J connectivity index is 1.88. The third kappa shape index (κ3) is 3.50. The number of aromatic nitrogens is 2. The number of aryl methyl sites for hydroxylation is 1. The highest BCUT2D eigenvalue weighted by Gasteiger charge is 2.17. The van der Waals surface area contributed by atoms with Crippen LogP contribution >= 0.6 is 0 Å². The Kier molecular flexibility index (Phi) is 4.64. The fourth-order valence-electron chi connectivity index (χ4n) is 2.50. The van der Waals surface area contributed by atoms with Gasteiger partial charge in [-0.25, -0.2) is 9.52 Å². The summed E-state index contributed by atoms with van der Waals surface area (Å²) in [4.78, 5) is 23.0. The Labute approximate surface area is 153 Å². The van der Waals surface area contributed by atoms with Crippen molar-refractivity contribution in [2.75, 3.05) is 7.05 Å².